The third-order valence-corrected chi connectivity index (χ3v) is 9.86. The van der Waals surface area contributed by atoms with Crippen LogP contribution in [0.5, 0.6) is 0 Å². The van der Waals surface area contributed by atoms with Crippen molar-refractivity contribution in [2.24, 2.45) is 5.73 Å². The van der Waals surface area contributed by atoms with Crippen molar-refractivity contribution in [3.8, 4) is 0 Å². The van der Waals surface area contributed by atoms with Crippen LogP contribution in [0.2, 0.25) is 0 Å². The third-order valence-electron chi connectivity index (χ3n) is 8.83. The van der Waals surface area contributed by atoms with Crippen molar-refractivity contribution in [1.82, 2.24) is 25.8 Å². The Hall–Kier alpha value is -4.65. The van der Waals surface area contributed by atoms with E-state index in [1.54, 1.807) is 29.5 Å². The largest absolute Gasteiger partial charge is 0.390 e. The Morgan fingerprint density at radius 1 is 0.980 bits per heavy atom. The number of fused-ring (bicyclic) bond motifs is 1. The Labute approximate surface area is 296 Å². The van der Waals surface area contributed by atoms with Crippen LogP contribution in [-0.4, -0.2) is 81.5 Å². The number of benzene rings is 2. The molecule has 3 unspecified atom stereocenters. The van der Waals surface area contributed by atoms with E-state index in [1.807, 2.05) is 85.6 Å². The van der Waals surface area contributed by atoms with Gasteiger partial charge in [-0.3, -0.25) is 24.1 Å². The lowest BCUT2D eigenvalue weighted by molar-refractivity contribution is -0.131. The number of aromatic nitrogens is 1. The van der Waals surface area contributed by atoms with Crippen LogP contribution in [0, 0.1) is 0 Å². The van der Waals surface area contributed by atoms with Crippen molar-refractivity contribution in [2.75, 3.05) is 13.1 Å². The maximum absolute atomic E-state index is 13.8. The number of nitrogens with one attached hydrogen (secondary N) is 3. The molecular formula is C38H46N6O5S. The molecule has 3 heterocycles. The lowest BCUT2D eigenvalue weighted by Gasteiger charge is -2.41. The summed E-state index contributed by atoms with van der Waals surface area (Å²) in [6, 6.07) is 21.5. The predicted octanol–water partition coefficient (Wildman–Crippen LogP) is 3.52. The molecule has 5 atom stereocenters. The van der Waals surface area contributed by atoms with Gasteiger partial charge in [-0.2, -0.15) is 0 Å². The number of nitrogens with zero attached hydrogens (tertiary/aromatic N) is 2. The van der Waals surface area contributed by atoms with Gasteiger partial charge in [0.1, 0.15) is 11.7 Å². The fourth-order valence-corrected chi connectivity index (χ4v) is 7.26. The van der Waals surface area contributed by atoms with Gasteiger partial charge in [-0.25, -0.2) is 4.98 Å². The van der Waals surface area contributed by atoms with E-state index in [9.17, 15) is 24.3 Å². The number of hydrogen-bond donors (Lipinski definition) is 5. The zero-order chi connectivity index (χ0) is 35.8. The average Bonchev–Trinajstić information content (AvgIpc) is 3.62. The van der Waals surface area contributed by atoms with Gasteiger partial charge in [0.25, 0.3) is 5.91 Å². The van der Waals surface area contributed by atoms with Gasteiger partial charge in [0.15, 0.2) is 0 Å². The van der Waals surface area contributed by atoms with Gasteiger partial charge in [0, 0.05) is 22.3 Å². The normalized spacial score (nSPS) is 18.5. The molecule has 1 saturated heterocycles. The van der Waals surface area contributed by atoms with E-state index in [-0.39, 0.29) is 30.5 Å². The van der Waals surface area contributed by atoms with E-state index in [1.165, 1.54) is 4.88 Å². The molecule has 2 aromatic heterocycles. The molecule has 12 heteroatoms. The number of primary amides is 1. The van der Waals surface area contributed by atoms with Crippen LogP contribution in [-0.2, 0) is 20.8 Å². The van der Waals surface area contributed by atoms with E-state index in [4.69, 9.17) is 5.73 Å². The number of para-hydroxylation sites is 1. The molecule has 1 fully saturated rings. The number of likely N-dealkylation sites (tertiary alicyclic amines) is 1. The first-order valence-corrected chi connectivity index (χ1v) is 17.8. The number of nitrogens with two attached hydrogens (primary N) is 1. The number of carbonyl (C=O) groups excluding carboxylic acids is 4. The molecule has 1 aliphatic heterocycles. The summed E-state index contributed by atoms with van der Waals surface area (Å²) in [5.74, 6) is -1.98. The zero-order valence-corrected chi connectivity index (χ0v) is 29.5. The van der Waals surface area contributed by atoms with Crippen LogP contribution >= 0.6 is 11.3 Å². The van der Waals surface area contributed by atoms with Crippen molar-refractivity contribution in [2.45, 2.75) is 82.1 Å². The summed E-state index contributed by atoms with van der Waals surface area (Å²) in [7, 11) is 0. The highest BCUT2D eigenvalue weighted by molar-refractivity contribution is 7.10. The summed E-state index contributed by atoms with van der Waals surface area (Å²) >= 11 is 1.68. The molecule has 0 bridgehead atoms. The number of rotatable bonds is 13. The first-order valence-electron chi connectivity index (χ1n) is 16.9. The number of carbonyl (C=O) groups is 4. The van der Waals surface area contributed by atoms with E-state index in [0.717, 1.165) is 17.4 Å². The number of β-amino-alcohol motifs (C(OH)–C–C–N with tert-alkyl or cyclic N) is 1. The van der Waals surface area contributed by atoms with Crippen molar-refractivity contribution in [1.29, 1.82) is 0 Å². The summed E-state index contributed by atoms with van der Waals surface area (Å²) in [5, 5.41) is 23.3. The summed E-state index contributed by atoms with van der Waals surface area (Å²) in [6.45, 7) is 6.50. The summed E-state index contributed by atoms with van der Waals surface area (Å²) in [6.07, 6.45) is 0.124. The van der Waals surface area contributed by atoms with Gasteiger partial charge >= 0.3 is 0 Å². The van der Waals surface area contributed by atoms with Crippen LogP contribution in [0.25, 0.3) is 10.9 Å². The number of amides is 4. The van der Waals surface area contributed by atoms with Crippen LogP contribution in [0.1, 0.15) is 66.9 Å². The molecule has 6 N–H and O–H groups in total. The van der Waals surface area contributed by atoms with Gasteiger partial charge in [-0.05, 0) is 81.6 Å². The maximum atomic E-state index is 13.8. The smallest absolute Gasteiger partial charge is 0.270 e. The molecule has 264 valence electrons. The molecule has 4 amide bonds. The van der Waals surface area contributed by atoms with Crippen LogP contribution in [0.4, 0.5) is 0 Å². The Morgan fingerprint density at radius 2 is 1.72 bits per heavy atom. The van der Waals surface area contributed by atoms with Crippen LogP contribution < -0.4 is 21.7 Å². The second kappa shape index (κ2) is 16.4. The van der Waals surface area contributed by atoms with Gasteiger partial charge < -0.3 is 26.8 Å². The number of aliphatic hydroxyl groups is 1. The van der Waals surface area contributed by atoms with E-state index in [0.29, 0.717) is 18.5 Å². The lowest BCUT2D eigenvalue weighted by Crippen LogP contribution is -2.59. The fraction of sp³-hybridized carbons (Fsp3) is 0.395. The highest BCUT2D eigenvalue weighted by Gasteiger charge is 2.38. The summed E-state index contributed by atoms with van der Waals surface area (Å²) in [4.78, 5) is 60.4. The van der Waals surface area contributed by atoms with Crippen LogP contribution in [0.3, 0.4) is 0 Å². The Balaban J connectivity index is 1.35. The number of pyridine rings is 1. The minimum Gasteiger partial charge on any atom is -0.390 e. The number of hydrogen-bond acceptors (Lipinski definition) is 8. The first kappa shape index (κ1) is 36.6. The standard InChI is InChI=1S/C38H46N6O5S/c1-38(2,3)43-37(49)31-21-26(33-14-9-19-50-33)17-18-44(31)23-32(45)29(20-24-10-5-4-6-11-24)41-36(48)30(22-34(39)46)42-35(47)28-16-15-25-12-7-8-13-27(25)40-28/h4-16,19,26,29-32,45H,17-18,20-23H2,1-3H3,(H2,39,46)(H,41,48)(H,42,47)(H,43,49)/t26-,29?,30?,31+,32?/m1/s1. The predicted molar refractivity (Wildman–Crippen MR) is 194 cm³/mol. The monoisotopic (exact) mass is 698 g/mol. The molecule has 4 aromatic rings. The molecule has 0 saturated carbocycles. The van der Waals surface area contributed by atoms with Crippen molar-refractivity contribution >= 4 is 45.9 Å². The molecule has 11 nitrogen and oxygen atoms in total. The van der Waals surface area contributed by atoms with Gasteiger partial charge in [-0.15, -0.1) is 11.3 Å². The van der Waals surface area contributed by atoms with E-state index < -0.39 is 53.9 Å². The lowest BCUT2D eigenvalue weighted by atomic mass is 9.88. The highest BCUT2D eigenvalue weighted by Crippen LogP contribution is 2.34. The summed E-state index contributed by atoms with van der Waals surface area (Å²) < 4.78 is 0. The third kappa shape index (κ3) is 9.96. The highest BCUT2D eigenvalue weighted by atomic mass is 32.1. The summed E-state index contributed by atoms with van der Waals surface area (Å²) in [5.41, 5.74) is 6.63. The Bertz CT molecular complexity index is 1780. The van der Waals surface area contributed by atoms with Gasteiger partial charge in [0.05, 0.1) is 30.1 Å². The molecule has 50 heavy (non-hydrogen) atoms. The quantitative estimate of drug-likeness (QED) is 0.143. The molecule has 0 radical (unpaired) electrons. The molecule has 2 aromatic carbocycles. The minimum absolute atomic E-state index is 0.0809. The number of aliphatic hydroxyl groups excluding tert-OH is 1. The van der Waals surface area contributed by atoms with Crippen molar-refractivity contribution < 1.29 is 24.3 Å². The minimum atomic E-state index is -1.31. The maximum Gasteiger partial charge on any atom is 0.270 e. The number of piperidine rings is 1. The Kier molecular flexibility index (Phi) is 12.0. The van der Waals surface area contributed by atoms with Crippen molar-refractivity contribution in [3.63, 3.8) is 0 Å². The number of thiophene rings is 1. The zero-order valence-electron chi connectivity index (χ0n) is 28.7. The van der Waals surface area contributed by atoms with Crippen molar-refractivity contribution in [3.05, 3.63) is 100 Å². The van der Waals surface area contributed by atoms with E-state index in [2.05, 4.69) is 27.0 Å². The SMILES string of the molecule is CC(C)(C)NC(=O)[C@@H]1C[C@H](c2cccs2)CCN1CC(O)C(Cc1ccccc1)NC(=O)C(CC(N)=O)NC(=O)c1ccc2ccccc2n1. The average molecular weight is 699 g/mol. The topological polar surface area (TPSA) is 167 Å². The van der Waals surface area contributed by atoms with Gasteiger partial charge in [0.2, 0.25) is 17.7 Å². The van der Waals surface area contributed by atoms with E-state index >= 15 is 0 Å². The molecular weight excluding hydrogens is 653 g/mol. The second-order valence-electron chi connectivity index (χ2n) is 13.9. The molecule has 1 aliphatic rings. The molecule has 5 rings (SSSR count). The first-order chi connectivity index (χ1) is 23.9. The molecule has 0 aliphatic carbocycles. The second-order valence-corrected chi connectivity index (χ2v) is 14.9. The Morgan fingerprint density at radius 3 is 2.42 bits per heavy atom. The van der Waals surface area contributed by atoms with Crippen LogP contribution in [0.15, 0.2) is 84.2 Å². The fourth-order valence-electron chi connectivity index (χ4n) is 6.38. The van der Waals surface area contributed by atoms with Gasteiger partial charge in [-0.1, -0.05) is 60.7 Å². The molecule has 0 spiro atoms.